The number of benzene rings is 1. The van der Waals surface area contributed by atoms with Gasteiger partial charge in [0, 0.05) is 50.9 Å². The number of pyridine rings is 1. The van der Waals surface area contributed by atoms with Gasteiger partial charge in [-0.1, -0.05) is 0 Å². The molecule has 0 radical (unpaired) electrons. The number of halogens is 2. The van der Waals surface area contributed by atoms with E-state index in [1.807, 2.05) is 24.4 Å². The first-order valence-electron chi connectivity index (χ1n) is 14.5. The van der Waals surface area contributed by atoms with Gasteiger partial charge >= 0.3 is 12.0 Å². The van der Waals surface area contributed by atoms with Crippen molar-refractivity contribution in [2.45, 2.75) is 44.8 Å². The molecule has 5 rings (SSSR count). The predicted octanol–water partition coefficient (Wildman–Crippen LogP) is 4.93. The summed E-state index contributed by atoms with van der Waals surface area (Å²) in [5, 5.41) is 12.9. The number of carbonyl (C=O) groups is 1. The molecule has 1 aromatic carbocycles. The third-order valence-corrected chi connectivity index (χ3v) is 7.36. The fourth-order valence-corrected chi connectivity index (χ4v) is 4.99. The van der Waals surface area contributed by atoms with Gasteiger partial charge in [0.25, 0.3) is 0 Å². The number of carbonyl (C=O) groups excluding carboxylic acids is 1. The van der Waals surface area contributed by atoms with E-state index in [1.165, 1.54) is 6.07 Å². The molecule has 2 fully saturated rings. The Balaban J connectivity index is 1.24. The summed E-state index contributed by atoms with van der Waals surface area (Å²) in [6.45, 7) is 8.13. The maximum absolute atomic E-state index is 15.0. The van der Waals surface area contributed by atoms with E-state index in [1.54, 1.807) is 45.2 Å². The van der Waals surface area contributed by atoms with Gasteiger partial charge in [0.15, 0.2) is 6.10 Å². The van der Waals surface area contributed by atoms with Gasteiger partial charge in [0.1, 0.15) is 23.2 Å². The second kappa shape index (κ2) is 12.6. The number of nitrogens with one attached hydrogen (secondary N) is 1. The lowest BCUT2D eigenvalue weighted by Crippen LogP contribution is -2.56. The highest BCUT2D eigenvalue weighted by atomic mass is 19.3. The van der Waals surface area contributed by atoms with Crippen molar-refractivity contribution in [3.05, 3.63) is 54.4 Å². The van der Waals surface area contributed by atoms with Crippen molar-refractivity contribution < 1.29 is 23.0 Å². The van der Waals surface area contributed by atoms with Crippen molar-refractivity contribution in [3.63, 3.8) is 0 Å². The molecule has 1 unspecified atom stereocenters. The first-order valence-corrected chi connectivity index (χ1v) is 14.5. The molecular formula is C31H36F2N8O3. The molecule has 4 heterocycles. The molecule has 44 heavy (non-hydrogen) atoms. The second-order valence-electron chi connectivity index (χ2n) is 12.0. The summed E-state index contributed by atoms with van der Waals surface area (Å²) in [5.74, 6) is -2.41. The molecule has 1 atom stereocenters. The van der Waals surface area contributed by atoms with Crippen molar-refractivity contribution >= 4 is 23.5 Å². The van der Waals surface area contributed by atoms with Crippen LogP contribution in [0.2, 0.25) is 0 Å². The van der Waals surface area contributed by atoms with Crippen LogP contribution in [0, 0.1) is 11.3 Å². The van der Waals surface area contributed by atoms with Crippen molar-refractivity contribution in [1.82, 2.24) is 24.8 Å². The average Bonchev–Trinajstić information content (AvgIpc) is 2.98. The zero-order valence-electron chi connectivity index (χ0n) is 25.3. The number of nitriles is 1. The molecule has 3 aromatic rings. The SMILES string of the molecule is CN1CCN(c2ccc(Nc3nccc(-c4ccc(OC5CCN(C(=O)OC(C)(C)C)CC5(F)F)c(C#N)c4)n3)nc2)CC1. The lowest BCUT2D eigenvalue weighted by atomic mass is 10.0. The maximum Gasteiger partial charge on any atom is 0.410 e. The molecule has 2 saturated heterocycles. The lowest BCUT2D eigenvalue weighted by molar-refractivity contribution is -0.137. The molecule has 0 saturated carbocycles. The summed E-state index contributed by atoms with van der Waals surface area (Å²) in [6, 6.07) is 12.3. The Morgan fingerprint density at radius 1 is 1.09 bits per heavy atom. The molecule has 0 aliphatic carbocycles. The molecule has 1 amide bonds. The van der Waals surface area contributed by atoms with E-state index in [-0.39, 0.29) is 24.3 Å². The van der Waals surface area contributed by atoms with Crippen molar-refractivity contribution in [2.75, 3.05) is 56.5 Å². The molecule has 2 aromatic heterocycles. The number of alkyl halides is 2. The molecule has 1 N–H and O–H groups in total. The van der Waals surface area contributed by atoms with Gasteiger partial charge in [-0.05, 0) is 64.2 Å². The Morgan fingerprint density at radius 2 is 1.86 bits per heavy atom. The fourth-order valence-electron chi connectivity index (χ4n) is 4.99. The van der Waals surface area contributed by atoms with E-state index in [0.717, 1.165) is 36.8 Å². The van der Waals surface area contributed by atoms with Crippen molar-refractivity contribution in [3.8, 4) is 23.1 Å². The maximum atomic E-state index is 15.0. The van der Waals surface area contributed by atoms with E-state index in [9.17, 15) is 10.1 Å². The van der Waals surface area contributed by atoms with E-state index >= 15 is 8.78 Å². The Kier molecular flexibility index (Phi) is 8.82. The first-order chi connectivity index (χ1) is 20.9. The van der Waals surface area contributed by atoms with Crippen LogP contribution in [-0.4, -0.2) is 94.8 Å². The number of ether oxygens (including phenoxy) is 2. The van der Waals surface area contributed by atoms with Crippen LogP contribution in [0.15, 0.2) is 48.8 Å². The Hall–Kier alpha value is -4.57. The topological polar surface area (TPSA) is 120 Å². The van der Waals surface area contributed by atoms with Crippen molar-refractivity contribution in [1.29, 1.82) is 5.26 Å². The van der Waals surface area contributed by atoms with E-state index in [4.69, 9.17) is 9.47 Å². The summed E-state index contributed by atoms with van der Waals surface area (Å²) >= 11 is 0. The number of nitrogens with zero attached hydrogens (tertiary/aromatic N) is 7. The van der Waals surface area contributed by atoms with Crippen LogP contribution >= 0.6 is 0 Å². The van der Waals surface area contributed by atoms with Crippen LogP contribution in [-0.2, 0) is 4.74 Å². The fraction of sp³-hybridized carbons (Fsp3) is 0.452. The van der Waals surface area contributed by atoms with E-state index in [0.29, 0.717) is 23.0 Å². The van der Waals surface area contributed by atoms with Crippen LogP contribution in [0.1, 0.15) is 32.8 Å². The van der Waals surface area contributed by atoms with Crippen molar-refractivity contribution in [2.24, 2.45) is 0 Å². The highest BCUT2D eigenvalue weighted by Gasteiger charge is 2.48. The normalized spacial score (nSPS) is 18.8. The van der Waals surface area contributed by atoms with Crippen LogP contribution in [0.4, 0.5) is 31.0 Å². The molecule has 13 heteroatoms. The number of piperazine rings is 1. The number of hydrogen-bond donors (Lipinski definition) is 1. The minimum absolute atomic E-state index is 0.0312. The molecule has 0 bridgehead atoms. The minimum atomic E-state index is -3.34. The molecule has 0 spiro atoms. The first kappa shape index (κ1) is 30.9. The largest absolute Gasteiger partial charge is 0.483 e. The average molecular weight is 607 g/mol. The quantitative estimate of drug-likeness (QED) is 0.414. The summed E-state index contributed by atoms with van der Waals surface area (Å²) in [4.78, 5) is 31.2. The standard InChI is InChI=1S/C31H36F2N8O3/c1-30(2,3)44-29(42)41-12-10-26(31(32,33)20-41)43-25-7-5-21(17-22(25)18-34)24-9-11-35-28(37-24)38-27-8-6-23(19-36-27)40-15-13-39(4)14-16-40/h5-9,11,17,19,26H,10,12-16,20H2,1-4H3,(H,35,36,37,38). The van der Waals surface area contributed by atoms with Gasteiger partial charge in [0.05, 0.1) is 29.7 Å². The number of hydrogen-bond acceptors (Lipinski definition) is 10. The summed E-state index contributed by atoms with van der Waals surface area (Å²) in [6.07, 6.45) is 0.975. The van der Waals surface area contributed by atoms with E-state index in [2.05, 4.69) is 37.1 Å². The number of likely N-dealkylation sites (N-methyl/N-ethyl adjacent to an activating group) is 1. The number of aromatic nitrogens is 3. The minimum Gasteiger partial charge on any atom is -0.483 e. The number of piperidine rings is 1. The predicted molar refractivity (Wildman–Crippen MR) is 161 cm³/mol. The Bertz CT molecular complexity index is 1520. The van der Waals surface area contributed by atoms with Gasteiger partial charge in [-0.25, -0.2) is 28.5 Å². The number of anilines is 3. The van der Waals surface area contributed by atoms with Gasteiger partial charge in [0.2, 0.25) is 5.95 Å². The lowest BCUT2D eigenvalue weighted by Gasteiger charge is -2.38. The number of rotatable bonds is 6. The van der Waals surface area contributed by atoms with Gasteiger partial charge < -0.3 is 29.5 Å². The Morgan fingerprint density at radius 3 is 2.52 bits per heavy atom. The zero-order chi connectivity index (χ0) is 31.5. The smallest absolute Gasteiger partial charge is 0.410 e. The zero-order valence-corrected chi connectivity index (χ0v) is 25.3. The van der Waals surface area contributed by atoms with Crippen LogP contribution in [0.3, 0.4) is 0 Å². The van der Waals surface area contributed by atoms with Crippen LogP contribution in [0.25, 0.3) is 11.3 Å². The van der Waals surface area contributed by atoms with Gasteiger partial charge in [-0.15, -0.1) is 0 Å². The van der Waals surface area contributed by atoms with Crippen LogP contribution in [0.5, 0.6) is 5.75 Å². The summed E-state index contributed by atoms with van der Waals surface area (Å²) in [7, 11) is 2.11. The highest BCUT2D eigenvalue weighted by Crippen LogP contribution is 2.34. The second-order valence-corrected chi connectivity index (χ2v) is 12.0. The summed E-state index contributed by atoms with van der Waals surface area (Å²) < 4.78 is 41.0. The third-order valence-electron chi connectivity index (χ3n) is 7.36. The monoisotopic (exact) mass is 606 g/mol. The van der Waals surface area contributed by atoms with Crippen LogP contribution < -0.4 is 15.0 Å². The molecule has 232 valence electrons. The molecule has 2 aliphatic rings. The summed E-state index contributed by atoms with van der Waals surface area (Å²) in [5.41, 5.74) is 1.45. The highest BCUT2D eigenvalue weighted by molar-refractivity contribution is 5.68. The molecule has 2 aliphatic heterocycles. The number of likely N-dealkylation sites (tertiary alicyclic amines) is 1. The van der Waals surface area contributed by atoms with Gasteiger partial charge in [-0.3, -0.25) is 0 Å². The Labute approximate surface area is 255 Å². The van der Waals surface area contributed by atoms with Gasteiger partial charge in [-0.2, -0.15) is 5.26 Å². The van der Waals surface area contributed by atoms with E-state index < -0.39 is 30.3 Å². The third kappa shape index (κ3) is 7.49. The molecular weight excluding hydrogens is 570 g/mol. The molecule has 11 nitrogen and oxygen atoms in total. The number of amides is 1.